The molecular formula is C16H22N6O. The van der Waals surface area contributed by atoms with Gasteiger partial charge in [0.05, 0.1) is 11.9 Å². The SMILES string of the molecule is Cc1cc(C)n([C@H](C)C(=O)N2CCN(c3cnccn3)CC2)n1. The molecule has 23 heavy (non-hydrogen) atoms. The zero-order chi connectivity index (χ0) is 16.4. The summed E-state index contributed by atoms with van der Waals surface area (Å²) in [5.74, 6) is 0.987. The number of hydrogen-bond donors (Lipinski definition) is 0. The number of anilines is 1. The van der Waals surface area contributed by atoms with Crippen molar-refractivity contribution in [1.82, 2.24) is 24.6 Å². The Labute approximate surface area is 135 Å². The lowest BCUT2D eigenvalue weighted by Crippen LogP contribution is -2.50. The zero-order valence-corrected chi connectivity index (χ0v) is 13.8. The van der Waals surface area contributed by atoms with Gasteiger partial charge in [-0.25, -0.2) is 4.98 Å². The van der Waals surface area contributed by atoms with Crippen molar-refractivity contribution in [2.24, 2.45) is 0 Å². The maximum Gasteiger partial charge on any atom is 0.247 e. The van der Waals surface area contributed by atoms with E-state index in [1.807, 2.05) is 36.4 Å². The average molecular weight is 314 g/mol. The van der Waals surface area contributed by atoms with Gasteiger partial charge in [0.25, 0.3) is 0 Å². The Bertz CT molecular complexity index is 675. The average Bonchev–Trinajstić information content (AvgIpc) is 2.93. The number of aromatic nitrogens is 4. The quantitative estimate of drug-likeness (QED) is 0.851. The van der Waals surface area contributed by atoms with Gasteiger partial charge in [0, 0.05) is 44.3 Å². The normalized spacial score (nSPS) is 16.5. The molecule has 1 atom stereocenters. The minimum atomic E-state index is -0.272. The molecule has 1 fully saturated rings. The lowest BCUT2D eigenvalue weighted by molar-refractivity contribution is -0.134. The molecule has 0 radical (unpaired) electrons. The van der Waals surface area contributed by atoms with Gasteiger partial charge in [0.1, 0.15) is 11.9 Å². The van der Waals surface area contributed by atoms with Crippen molar-refractivity contribution in [3.8, 4) is 0 Å². The van der Waals surface area contributed by atoms with Crippen molar-refractivity contribution in [2.75, 3.05) is 31.1 Å². The van der Waals surface area contributed by atoms with Crippen LogP contribution in [0, 0.1) is 13.8 Å². The summed E-state index contributed by atoms with van der Waals surface area (Å²) in [5.41, 5.74) is 1.95. The third-order valence-electron chi connectivity index (χ3n) is 4.23. The smallest absolute Gasteiger partial charge is 0.247 e. The molecule has 0 aliphatic carbocycles. The first kappa shape index (κ1) is 15.5. The Kier molecular flexibility index (Phi) is 4.27. The van der Waals surface area contributed by atoms with Gasteiger partial charge < -0.3 is 9.80 Å². The molecule has 7 nitrogen and oxygen atoms in total. The van der Waals surface area contributed by atoms with E-state index < -0.39 is 0 Å². The highest BCUT2D eigenvalue weighted by Crippen LogP contribution is 2.17. The van der Waals surface area contributed by atoms with Crippen LogP contribution in [-0.4, -0.2) is 56.7 Å². The minimum Gasteiger partial charge on any atom is -0.352 e. The maximum absolute atomic E-state index is 12.7. The van der Waals surface area contributed by atoms with Gasteiger partial charge in [0.2, 0.25) is 5.91 Å². The van der Waals surface area contributed by atoms with Crippen LogP contribution < -0.4 is 4.90 Å². The second-order valence-electron chi connectivity index (χ2n) is 5.92. The summed E-state index contributed by atoms with van der Waals surface area (Å²) >= 11 is 0. The van der Waals surface area contributed by atoms with E-state index in [1.54, 1.807) is 18.6 Å². The molecule has 0 unspecified atom stereocenters. The van der Waals surface area contributed by atoms with Gasteiger partial charge in [-0.3, -0.25) is 14.5 Å². The molecule has 2 aromatic rings. The van der Waals surface area contributed by atoms with E-state index in [1.165, 1.54) is 0 Å². The summed E-state index contributed by atoms with van der Waals surface area (Å²) in [7, 11) is 0. The van der Waals surface area contributed by atoms with E-state index in [-0.39, 0.29) is 11.9 Å². The van der Waals surface area contributed by atoms with Crippen LogP contribution in [0.4, 0.5) is 5.82 Å². The number of rotatable bonds is 3. The topological polar surface area (TPSA) is 67.2 Å². The molecular weight excluding hydrogens is 292 g/mol. The summed E-state index contributed by atoms with van der Waals surface area (Å²) in [5, 5.41) is 4.43. The molecule has 0 bridgehead atoms. The number of carbonyl (C=O) groups excluding carboxylic acids is 1. The number of aryl methyl sites for hydroxylation is 2. The monoisotopic (exact) mass is 314 g/mol. The van der Waals surface area contributed by atoms with Crippen molar-refractivity contribution in [3.63, 3.8) is 0 Å². The number of hydrogen-bond acceptors (Lipinski definition) is 5. The van der Waals surface area contributed by atoms with E-state index in [2.05, 4.69) is 20.0 Å². The Balaban J connectivity index is 1.63. The van der Waals surface area contributed by atoms with E-state index in [0.29, 0.717) is 13.1 Å². The lowest BCUT2D eigenvalue weighted by Gasteiger charge is -2.36. The molecule has 122 valence electrons. The molecule has 0 N–H and O–H groups in total. The molecule has 0 aromatic carbocycles. The molecule has 0 saturated carbocycles. The van der Waals surface area contributed by atoms with Gasteiger partial charge >= 0.3 is 0 Å². The Morgan fingerprint density at radius 1 is 1.17 bits per heavy atom. The molecule has 7 heteroatoms. The Hall–Kier alpha value is -2.44. The fourth-order valence-corrected chi connectivity index (χ4v) is 3.02. The van der Waals surface area contributed by atoms with Crippen LogP contribution in [0.3, 0.4) is 0 Å². The zero-order valence-electron chi connectivity index (χ0n) is 13.8. The van der Waals surface area contributed by atoms with E-state index in [4.69, 9.17) is 0 Å². The summed E-state index contributed by atoms with van der Waals surface area (Å²) in [6.45, 7) is 8.77. The lowest BCUT2D eigenvalue weighted by atomic mass is 10.2. The maximum atomic E-state index is 12.7. The van der Waals surface area contributed by atoms with Gasteiger partial charge in [0.15, 0.2) is 0 Å². The number of amides is 1. The summed E-state index contributed by atoms with van der Waals surface area (Å²) in [6, 6.07) is 1.72. The second-order valence-corrected chi connectivity index (χ2v) is 5.92. The van der Waals surface area contributed by atoms with Gasteiger partial charge in [-0.2, -0.15) is 5.10 Å². The molecule has 2 aromatic heterocycles. The predicted octanol–water partition coefficient (Wildman–Crippen LogP) is 1.20. The van der Waals surface area contributed by atoms with Crippen LogP contribution in [0.25, 0.3) is 0 Å². The second kappa shape index (κ2) is 6.36. The highest BCUT2D eigenvalue weighted by atomic mass is 16.2. The van der Waals surface area contributed by atoms with Gasteiger partial charge in [-0.15, -0.1) is 0 Å². The standard InChI is InChI=1S/C16H22N6O/c1-12-10-13(2)22(19-12)14(3)16(23)21-8-6-20(7-9-21)15-11-17-4-5-18-15/h4-5,10-11,14H,6-9H2,1-3H3/t14-/m1/s1. The molecule has 1 aliphatic rings. The van der Waals surface area contributed by atoms with Crippen molar-refractivity contribution in [2.45, 2.75) is 26.8 Å². The van der Waals surface area contributed by atoms with Crippen molar-refractivity contribution >= 4 is 11.7 Å². The largest absolute Gasteiger partial charge is 0.352 e. The molecule has 3 heterocycles. The van der Waals surface area contributed by atoms with Crippen molar-refractivity contribution in [1.29, 1.82) is 0 Å². The first-order chi connectivity index (χ1) is 11.1. The number of piperazine rings is 1. The van der Waals surface area contributed by atoms with Crippen LogP contribution in [0.15, 0.2) is 24.7 Å². The highest BCUT2D eigenvalue weighted by Gasteiger charge is 2.27. The van der Waals surface area contributed by atoms with Crippen molar-refractivity contribution < 1.29 is 4.79 Å². The molecule has 1 aliphatic heterocycles. The summed E-state index contributed by atoms with van der Waals surface area (Å²) in [4.78, 5) is 25.2. The first-order valence-corrected chi connectivity index (χ1v) is 7.89. The van der Waals surface area contributed by atoms with Crippen LogP contribution in [0.1, 0.15) is 24.4 Å². The number of nitrogens with zero attached hydrogens (tertiary/aromatic N) is 6. The fourth-order valence-electron chi connectivity index (χ4n) is 3.02. The van der Waals surface area contributed by atoms with E-state index in [0.717, 1.165) is 30.3 Å². The molecule has 3 rings (SSSR count). The van der Waals surface area contributed by atoms with Crippen LogP contribution in [-0.2, 0) is 4.79 Å². The third kappa shape index (κ3) is 3.18. The van der Waals surface area contributed by atoms with Crippen LogP contribution >= 0.6 is 0 Å². The minimum absolute atomic E-state index is 0.120. The predicted molar refractivity (Wildman–Crippen MR) is 87.2 cm³/mol. The first-order valence-electron chi connectivity index (χ1n) is 7.89. The van der Waals surface area contributed by atoms with Crippen LogP contribution in [0.2, 0.25) is 0 Å². The van der Waals surface area contributed by atoms with E-state index >= 15 is 0 Å². The fraction of sp³-hybridized carbons (Fsp3) is 0.500. The van der Waals surface area contributed by atoms with Gasteiger partial charge in [-0.05, 0) is 26.8 Å². The third-order valence-corrected chi connectivity index (χ3v) is 4.23. The number of carbonyl (C=O) groups is 1. The van der Waals surface area contributed by atoms with Crippen LogP contribution in [0.5, 0.6) is 0 Å². The Morgan fingerprint density at radius 3 is 2.48 bits per heavy atom. The molecule has 1 amide bonds. The summed E-state index contributed by atoms with van der Waals surface area (Å²) < 4.78 is 1.81. The van der Waals surface area contributed by atoms with Crippen molar-refractivity contribution in [3.05, 3.63) is 36.0 Å². The highest BCUT2D eigenvalue weighted by molar-refractivity contribution is 5.80. The molecule has 1 saturated heterocycles. The van der Waals surface area contributed by atoms with E-state index in [9.17, 15) is 4.79 Å². The summed E-state index contributed by atoms with van der Waals surface area (Å²) in [6.07, 6.45) is 5.12. The Morgan fingerprint density at radius 2 is 1.91 bits per heavy atom. The molecule has 0 spiro atoms. The van der Waals surface area contributed by atoms with Gasteiger partial charge in [-0.1, -0.05) is 0 Å².